The molecule has 1 heterocycles. The van der Waals surface area contributed by atoms with E-state index in [9.17, 15) is 0 Å². The van der Waals surface area contributed by atoms with Gasteiger partial charge < -0.3 is 15.4 Å². The van der Waals surface area contributed by atoms with Crippen molar-refractivity contribution in [1.29, 1.82) is 5.41 Å². The maximum absolute atomic E-state index is 7.75. The molecule has 0 fully saturated rings. The number of benzene rings is 1. The number of nitrogens with two attached hydrogens (primary N) is 1. The number of rotatable bonds is 5. The molecule has 0 aliphatic heterocycles. The molecule has 2 aromatic rings. The number of amidine groups is 1. The molecule has 0 radical (unpaired) electrons. The Hall–Kier alpha value is -2.56. The number of pyridine rings is 1. The monoisotopic (exact) mass is 284 g/mol. The summed E-state index contributed by atoms with van der Waals surface area (Å²) in [6.07, 6.45) is 1.73. The van der Waals surface area contributed by atoms with Gasteiger partial charge >= 0.3 is 0 Å². The summed E-state index contributed by atoms with van der Waals surface area (Å²) < 4.78 is 5.37. The first-order chi connectivity index (χ1) is 10.0. The van der Waals surface area contributed by atoms with Crippen molar-refractivity contribution in [2.75, 3.05) is 19.1 Å². The Morgan fingerprint density at radius 2 is 2.05 bits per heavy atom. The minimum atomic E-state index is 0.0301. The van der Waals surface area contributed by atoms with Crippen LogP contribution in [0.3, 0.4) is 0 Å². The molecule has 0 bridgehead atoms. The smallest absolute Gasteiger partial charge is 0.139 e. The fourth-order valence-electron chi connectivity index (χ4n) is 2.33. The van der Waals surface area contributed by atoms with Crippen LogP contribution in [0.5, 0.6) is 5.75 Å². The van der Waals surface area contributed by atoms with Gasteiger partial charge in [-0.15, -0.1) is 0 Å². The van der Waals surface area contributed by atoms with Crippen LogP contribution in [0, 0.1) is 12.3 Å². The molecule has 0 atom stereocenters. The zero-order valence-electron chi connectivity index (χ0n) is 12.6. The SMILES string of the molecule is COc1ccccc1CN(C)c1nccc(C)c1C(=N)N. The predicted octanol–water partition coefficient (Wildman–Crippen LogP) is 2.32. The van der Waals surface area contributed by atoms with E-state index in [-0.39, 0.29) is 5.84 Å². The van der Waals surface area contributed by atoms with Crippen LogP contribution in [0.2, 0.25) is 0 Å². The lowest BCUT2D eigenvalue weighted by Gasteiger charge is -2.22. The topological polar surface area (TPSA) is 75.2 Å². The molecule has 110 valence electrons. The highest BCUT2D eigenvalue weighted by Crippen LogP contribution is 2.24. The number of methoxy groups -OCH3 is 1. The van der Waals surface area contributed by atoms with Crippen molar-refractivity contribution in [2.45, 2.75) is 13.5 Å². The summed E-state index contributed by atoms with van der Waals surface area (Å²) in [5, 5.41) is 7.75. The van der Waals surface area contributed by atoms with Gasteiger partial charge in [-0.05, 0) is 24.6 Å². The molecule has 2 rings (SSSR count). The molecule has 0 aliphatic rings. The average Bonchev–Trinajstić information content (AvgIpc) is 2.47. The summed E-state index contributed by atoms with van der Waals surface area (Å²) in [6.45, 7) is 2.56. The maximum Gasteiger partial charge on any atom is 0.139 e. The van der Waals surface area contributed by atoms with Gasteiger partial charge in [-0.3, -0.25) is 5.41 Å². The molecule has 5 nitrogen and oxygen atoms in total. The molecular weight excluding hydrogens is 264 g/mol. The molecule has 1 aromatic carbocycles. The Labute approximate surface area is 124 Å². The number of nitrogens with zero attached hydrogens (tertiary/aromatic N) is 2. The third-order valence-electron chi connectivity index (χ3n) is 3.37. The van der Waals surface area contributed by atoms with Crippen LogP contribution < -0.4 is 15.4 Å². The Morgan fingerprint density at radius 3 is 2.71 bits per heavy atom. The third-order valence-corrected chi connectivity index (χ3v) is 3.37. The van der Waals surface area contributed by atoms with E-state index in [1.54, 1.807) is 13.3 Å². The van der Waals surface area contributed by atoms with Gasteiger partial charge in [0.05, 0.1) is 12.7 Å². The molecule has 21 heavy (non-hydrogen) atoms. The molecular formula is C16H20N4O. The quantitative estimate of drug-likeness (QED) is 0.652. The van der Waals surface area contributed by atoms with E-state index in [1.807, 2.05) is 49.2 Å². The number of hydrogen-bond acceptors (Lipinski definition) is 4. The van der Waals surface area contributed by atoms with Crippen molar-refractivity contribution in [2.24, 2.45) is 5.73 Å². The van der Waals surface area contributed by atoms with Gasteiger partial charge in [-0.25, -0.2) is 4.98 Å². The largest absolute Gasteiger partial charge is 0.496 e. The van der Waals surface area contributed by atoms with Gasteiger partial charge in [-0.1, -0.05) is 18.2 Å². The summed E-state index contributed by atoms with van der Waals surface area (Å²) in [4.78, 5) is 6.35. The van der Waals surface area contributed by atoms with E-state index >= 15 is 0 Å². The molecule has 0 unspecified atom stereocenters. The van der Waals surface area contributed by atoms with Gasteiger partial charge in [0.1, 0.15) is 17.4 Å². The number of ether oxygens (including phenoxy) is 1. The van der Waals surface area contributed by atoms with Crippen LogP contribution in [0.25, 0.3) is 0 Å². The lowest BCUT2D eigenvalue weighted by atomic mass is 10.1. The number of hydrogen-bond donors (Lipinski definition) is 2. The number of aromatic nitrogens is 1. The van der Waals surface area contributed by atoms with Crippen molar-refractivity contribution < 1.29 is 4.74 Å². The molecule has 1 aromatic heterocycles. The highest BCUT2D eigenvalue weighted by Gasteiger charge is 2.15. The van der Waals surface area contributed by atoms with Crippen LogP contribution in [-0.4, -0.2) is 25.0 Å². The van der Waals surface area contributed by atoms with Crippen molar-refractivity contribution in [3.63, 3.8) is 0 Å². The van der Waals surface area contributed by atoms with Gasteiger partial charge in [0.25, 0.3) is 0 Å². The van der Waals surface area contributed by atoms with E-state index in [1.165, 1.54) is 0 Å². The Bertz CT molecular complexity index is 654. The molecule has 0 amide bonds. The van der Waals surface area contributed by atoms with Crippen molar-refractivity contribution >= 4 is 11.7 Å². The number of para-hydroxylation sites is 1. The van der Waals surface area contributed by atoms with E-state index in [0.29, 0.717) is 17.9 Å². The molecule has 0 spiro atoms. The van der Waals surface area contributed by atoms with E-state index < -0.39 is 0 Å². The van der Waals surface area contributed by atoms with E-state index in [2.05, 4.69) is 4.98 Å². The fraction of sp³-hybridized carbons (Fsp3) is 0.250. The molecule has 3 N–H and O–H groups in total. The van der Waals surface area contributed by atoms with E-state index in [0.717, 1.165) is 16.9 Å². The van der Waals surface area contributed by atoms with Crippen LogP contribution >= 0.6 is 0 Å². The summed E-state index contributed by atoms with van der Waals surface area (Å²) >= 11 is 0. The lowest BCUT2D eigenvalue weighted by molar-refractivity contribution is 0.409. The van der Waals surface area contributed by atoms with Gasteiger partial charge in [0.2, 0.25) is 0 Å². The van der Waals surface area contributed by atoms with Gasteiger partial charge in [-0.2, -0.15) is 0 Å². The minimum absolute atomic E-state index is 0.0301. The highest BCUT2D eigenvalue weighted by atomic mass is 16.5. The number of aryl methyl sites for hydroxylation is 1. The first kappa shape index (κ1) is 14.8. The predicted molar refractivity (Wildman–Crippen MR) is 85.1 cm³/mol. The Kier molecular flexibility index (Phi) is 4.42. The number of nitrogen functional groups attached to an aromatic ring is 1. The Morgan fingerprint density at radius 1 is 1.33 bits per heavy atom. The minimum Gasteiger partial charge on any atom is -0.496 e. The molecule has 5 heteroatoms. The summed E-state index contributed by atoms with van der Waals surface area (Å²) in [5.74, 6) is 1.57. The average molecular weight is 284 g/mol. The third kappa shape index (κ3) is 3.13. The molecule has 0 aliphatic carbocycles. The van der Waals surface area contributed by atoms with Gasteiger partial charge in [0.15, 0.2) is 0 Å². The zero-order valence-corrected chi connectivity index (χ0v) is 12.6. The summed E-state index contributed by atoms with van der Waals surface area (Å²) in [7, 11) is 3.59. The zero-order chi connectivity index (χ0) is 15.4. The van der Waals surface area contributed by atoms with Crippen LogP contribution in [0.4, 0.5) is 5.82 Å². The van der Waals surface area contributed by atoms with Crippen LogP contribution in [-0.2, 0) is 6.54 Å². The summed E-state index contributed by atoms with van der Waals surface area (Å²) in [5.41, 5.74) is 8.37. The van der Waals surface area contributed by atoms with Crippen LogP contribution in [0.1, 0.15) is 16.7 Å². The van der Waals surface area contributed by atoms with Gasteiger partial charge in [0, 0.05) is 25.4 Å². The first-order valence-corrected chi connectivity index (χ1v) is 6.67. The number of anilines is 1. The van der Waals surface area contributed by atoms with Crippen molar-refractivity contribution in [3.05, 3.63) is 53.2 Å². The maximum atomic E-state index is 7.75. The van der Waals surface area contributed by atoms with E-state index in [4.69, 9.17) is 15.9 Å². The normalized spacial score (nSPS) is 10.2. The second-order valence-electron chi connectivity index (χ2n) is 4.91. The molecule has 0 saturated carbocycles. The lowest BCUT2D eigenvalue weighted by Crippen LogP contribution is -2.24. The Balaban J connectivity index is 2.35. The fourth-order valence-corrected chi connectivity index (χ4v) is 2.33. The van der Waals surface area contributed by atoms with Crippen molar-refractivity contribution in [3.8, 4) is 5.75 Å². The molecule has 0 saturated heterocycles. The first-order valence-electron chi connectivity index (χ1n) is 6.67. The number of nitrogens with one attached hydrogen (secondary N) is 1. The van der Waals surface area contributed by atoms with Crippen LogP contribution in [0.15, 0.2) is 36.5 Å². The second-order valence-corrected chi connectivity index (χ2v) is 4.91. The van der Waals surface area contributed by atoms with Crippen molar-refractivity contribution in [1.82, 2.24) is 4.98 Å². The highest BCUT2D eigenvalue weighted by molar-refractivity contribution is 6.00. The standard InChI is InChI=1S/C16H20N4O/c1-11-8-9-19-16(14(11)15(17)18)20(2)10-12-6-4-5-7-13(12)21-3/h4-9H,10H2,1-3H3,(H3,17,18). The summed E-state index contributed by atoms with van der Waals surface area (Å²) in [6, 6.07) is 9.71. The second kappa shape index (κ2) is 6.26.